The first-order valence-electron chi connectivity index (χ1n) is 5.50. The van der Waals surface area contributed by atoms with Gasteiger partial charge in [-0.25, -0.2) is 0 Å². The Hall–Kier alpha value is -1.70. The van der Waals surface area contributed by atoms with Gasteiger partial charge >= 0.3 is 12.4 Å². The minimum absolute atomic E-state index is 0.0546. The molecule has 1 rings (SSSR count). The fourth-order valence-electron chi connectivity index (χ4n) is 2.48. The summed E-state index contributed by atoms with van der Waals surface area (Å²) in [4.78, 5) is 0. The summed E-state index contributed by atoms with van der Waals surface area (Å²) in [5.41, 5.74) is -7.45. The van der Waals surface area contributed by atoms with Crippen LogP contribution in [0.2, 0.25) is 0 Å². The van der Waals surface area contributed by atoms with Crippen LogP contribution in [-0.2, 0) is 0 Å². The van der Waals surface area contributed by atoms with Crippen molar-refractivity contribution >= 4 is 0 Å². The number of allylic oxidation sites excluding steroid dienone is 2. The number of rotatable bonds is 0. The van der Waals surface area contributed by atoms with E-state index in [1.54, 1.807) is 0 Å². The zero-order valence-corrected chi connectivity index (χ0v) is 10.6. The van der Waals surface area contributed by atoms with Crippen LogP contribution in [0.1, 0.15) is 26.7 Å². The minimum atomic E-state index is -5.46. The zero-order valence-electron chi connectivity index (χ0n) is 10.6. The van der Waals surface area contributed by atoms with Crippen molar-refractivity contribution in [2.75, 3.05) is 0 Å². The predicted molar refractivity (Wildman–Crippen MR) is 55.8 cm³/mol. The highest BCUT2D eigenvalue weighted by molar-refractivity contribution is 5.35. The smallest absolute Gasteiger partial charge is 0.197 e. The summed E-state index contributed by atoms with van der Waals surface area (Å²) >= 11 is 0. The molecule has 1 aliphatic carbocycles. The molecule has 0 radical (unpaired) electrons. The Labute approximate surface area is 111 Å². The van der Waals surface area contributed by atoms with E-state index in [2.05, 4.69) is 0 Å². The summed E-state index contributed by atoms with van der Waals surface area (Å²) in [6.45, 7) is 2.48. The first-order chi connectivity index (χ1) is 8.88. The molecule has 0 aromatic heterocycles. The van der Waals surface area contributed by atoms with Gasteiger partial charge in [0.15, 0.2) is 10.8 Å². The van der Waals surface area contributed by atoms with E-state index < -0.39 is 36.0 Å². The van der Waals surface area contributed by atoms with E-state index >= 15 is 0 Å². The Morgan fingerprint density at radius 3 is 1.20 bits per heavy atom. The molecule has 0 aromatic carbocycles. The second kappa shape index (κ2) is 4.41. The largest absolute Gasteiger partial charge is 0.409 e. The molecule has 0 saturated heterocycles. The molecule has 20 heavy (non-hydrogen) atoms. The molecule has 2 atom stereocenters. The maximum atomic E-state index is 13.2. The third kappa shape index (κ3) is 1.86. The molecule has 0 amide bonds. The van der Waals surface area contributed by atoms with Crippen LogP contribution in [0.15, 0.2) is 11.1 Å². The van der Waals surface area contributed by atoms with Gasteiger partial charge in [-0.15, -0.1) is 0 Å². The average Bonchev–Trinajstić information content (AvgIpc) is 2.28. The fourth-order valence-corrected chi connectivity index (χ4v) is 2.48. The number of alkyl halides is 6. The third-order valence-electron chi connectivity index (χ3n) is 3.87. The molecular formula is C12H10F6N2. The third-order valence-corrected chi connectivity index (χ3v) is 3.87. The Morgan fingerprint density at radius 2 is 1.05 bits per heavy atom. The molecule has 0 bridgehead atoms. The van der Waals surface area contributed by atoms with Gasteiger partial charge in [0.05, 0.1) is 12.1 Å². The molecule has 1 aliphatic rings. The Kier molecular flexibility index (Phi) is 3.60. The van der Waals surface area contributed by atoms with Crippen LogP contribution in [0.25, 0.3) is 0 Å². The van der Waals surface area contributed by atoms with E-state index in [-0.39, 0.29) is 11.1 Å². The molecule has 0 unspecified atom stereocenters. The van der Waals surface area contributed by atoms with Gasteiger partial charge in [-0.05, 0) is 26.7 Å². The van der Waals surface area contributed by atoms with Crippen LogP contribution in [0.4, 0.5) is 26.3 Å². The molecule has 8 heteroatoms. The first-order valence-corrected chi connectivity index (χ1v) is 5.50. The molecule has 0 N–H and O–H groups in total. The van der Waals surface area contributed by atoms with Crippen LogP contribution in [0.3, 0.4) is 0 Å². The quantitative estimate of drug-likeness (QED) is 0.495. The highest BCUT2D eigenvalue weighted by atomic mass is 19.4. The van der Waals surface area contributed by atoms with E-state index in [9.17, 15) is 26.3 Å². The van der Waals surface area contributed by atoms with Crippen molar-refractivity contribution < 1.29 is 26.3 Å². The second-order valence-corrected chi connectivity index (χ2v) is 4.94. The summed E-state index contributed by atoms with van der Waals surface area (Å²) in [7, 11) is 0. The van der Waals surface area contributed by atoms with Gasteiger partial charge in [0, 0.05) is 0 Å². The number of halogens is 6. The summed E-state index contributed by atoms with van der Waals surface area (Å²) in [6, 6.07) is 1.51. The highest BCUT2D eigenvalue weighted by Crippen LogP contribution is 2.65. The zero-order chi connectivity index (χ0) is 16.0. The van der Waals surface area contributed by atoms with Crippen molar-refractivity contribution in [3.8, 4) is 12.1 Å². The lowest BCUT2D eigenvalue weighted by Crippen LogP contribution is -2.59. The normalized spacial score (nSPS) is 31.7. The van der Waals surface area contributed by atoms with Gasteiger partial charge in [0.25, 0.3) is 0 Å². The Morgan fingerprint density at radius 1 is 0.800 bits per heavy atom. The second-order valence-electron chi connectivity index (χ2n) is 4.94. The van der Waals surface area contributed by atoms with Crippen molar-refractivity contribution in [1.29, 1.82) is 10.5 Å². The maximum absolute atomic E-state index is 13.2. The SMILES string of the molecule is CC1=C(C)C[C@](C#N)(C(F)(F)F)[C@](C#N)(C(F)(F)F)C1. The predicted octanol–water partition coefficient (Wildman–Crippen LogP) is 4.26. The first kappa shape index (κ1) is 16.4. The summed E-state index contributed by atoms with van der Waals surface area (Å²) < 4.78 is 79.3. The lowest BCUT2D eigenvalue weighted by atomic mass is 9.55. The lowest BCUT2D eigenvalue weighted by molar-refractivity contribution is -0.307. The molecule has 0 saturated carbocycles. The average molecular weight is 296 g/mol. The van der Waals surface area contributed by atoms with Crippen LogP contribution in [0, 0.1) is 33.5 Å². The summed E-state index contributed by atoms with van der Waals surface area (Å²) in [5, 5.41) is 17.7. The minimum Gasteiger partial charge on any atom is -0.197 e. The monoisotopic (exact) mass is 296 g/mol. The van der Waals surface area contributed by atoms with Crippen LogP contribution in [-0.4, -0.2) is 12.4 Å². The van der Waals surface area contributed by atoms with Crippen LogP contribution in [0.5, 0.6) is 0 Å². The van der Waals surface area contributed by atoms with Gasteiger partial charge in [-0.3, -0.25) is 0 Å². The number of nitrogens with zero attached hydrogens (tertiary/aromatic N) is 2. The van der Waals surface area contributed by atoms with Gasteiger partial charge < -0.3 is 0 Å². The van der Waals surface area contributed by atoms with E-state index in [1.165, 1.54) is 13.8 Å². The van der Waals surface area contributed by atoms with Gasteiger partial charge in [-0.1, -0.05) is 11.1 Å². The van der Waals surface area contributed by atoms with Crippen molar-refractivity contribution in [3.63, 3.8) is 0 Å². The van der Waals surface area contributed by atoms with Gasteiger partial charge in [0.2, 0.25) is 0 Å². The van der Waals surface area contributed by atoms with E-state index in [0.717, 1.165) is 12.1 Å². The summed E-state index contributed by atoms with van der Waals surface area (Å²) in [5.74, 6) is 0. The number of nitriles is 2. The van der Waals surface area contributed by atoms with E-state index in [1.807, 2.05) is 0 Å². The van der Waals surface area contributed by atoms with Crippen LogP contribution >= 0.6 is 0 Å². The van der Waals surface area contributed by atoms with Crippen molar-refractivity contribution in [2.24, 2.45) is 10.8 Å². The van der Waals surface area contributed by atoms with Crippen molar-refractivity contribution in [2.45, 2.75) is 39.0 Å². The molecule has 0 heterocycles. The topological polar surface area (TPSA) is 47.6 Å². The van der Waals surface area contributed by atoms with E-state index in [0.29, 0.717) is 0 Å². The molecule has 0 fully saturated rings. The highest BCUT2D eigenvalue weighted by Gasteiger charge is 2.78. The number of hydrogen-bond acceptors (Lipinski definition) is 2. The maximum Gasteiger partial charge on any atom is 0.409 e. The van der Waals surface area contributed by atoms with Gasteiger partial charge in [-0.2, -0.15) is 36.9 Å². The molecule has 0 aliphatic heterocycles. The molecule has 0 spiro atoms. The van der Waals surface area contributed by atoms with E-state index in [4.69, 9.17) is 10.5 Å². The van der Waals surface area contributed by atoms with Gasteiger partial charge in [0.1, 0.15) is 0 Å². The molecule has 0 aromatic rings. The van der Waals surface area contributed by atoms with Crippen molar-refractivity contribution in [1.82, 2.24) is 0 Å². The fraction of sp³-hybridized carbons (Fsp3) is 0.667. The van der Waals surface area contributed by atoms with Crippen LogP contribution < -0.4 is 0 Å². The lowest BCUT2D eigenvalue weighted by Gasteiger charge is -2.46. The molecule has 110 valence electrons. The number of hydrogen-bond donors (Lipinski definition) is 0. The van der Waals surface area contributed by atoms with Crippen molar-refractivity contribution in [3.05, 3.63) is 11.1 Å². The summed E-state index contributed by atoms with van der Waals surface area (Å²) in [6.07, 6.45) is -13.2. The standard InChI is InChI=1S/C12H10F6N2/c1-7-3-9(5-19,11(13,14)15)10(6-20,4-8(7)2)12(16,17)18/h3-4H2,1-2H3/t9-,10+. The molecular weight excluding hydrogens is 286 g/mol. The molecule has 2 nitrogen and oxygen atoms in total. The Bertz CT molecular complexity index is 482. The Balaban J connectivity index is 3.79.